The van der Waals surface area contributed by atoms with Crippen molar-refractivity contribution in [1.82, 2.24) is 0 Å². The molecule has 0 saturated carbocycles. The molecular formula is C22H28O6. The first-order valence-electron chi connectivity index (χ1n) is 8.97. The van der Waals surface area contributed by atoms with Gasteiger partial charge in [-0.05, 0) is 41.8 Å². The number of allylic oxidation sites excluding steroid dienone is 1. The Morgan fingerprint density at radius 3 is 1.96 bits per heavy atom. The molecule has 0 spiro atoms. The highest BCUT2D eigenvalue weighted by Crippen LogP contribution is 2.33. The molecule has 0 aliphatic heterocycles. The van der Waals surface area contributed by atoms with Crippen molar-refractivity contribution in [2.24, 2.45) is 5.92 Å². The first-order valence-corrected chi connectivity index (χ1v) is 8.97. The number of ether oxygens (including phenoxy) is 4. The highest BCUT2D eigenvalue weighted by molar-refractivity contribution is 5.56. The second kappa shape index (κ2) is 10.6. The molecule has 0 amide bonds. The third-order valence-corrected chi connectivity index (χ3v) is 4.59. The van der Waals surface area contributed by atoms with Crippen molar-refractivity contribution in [3.8, 4) is 23.0 Å². The molecule has 152 valence electrons. The predicted octanol–water partition coefficient (Wildman–Crippen LogP) is 3.47. The van der Waals surface area contributed by atoms with Crippen molar-refractivity contribution in [2.45, 2.75) is 12.5 Å². The fourth-order valence-corrected chi connectivity index (χ4v) is 2.95. The number of benzene rings is 2. The van der Waals surface area contributed by atoms with Crippen LogP contribution < -0.4 is 18.9 Å². The molecule has 2 N–H and O–H groups in total. The van der Waals surface area contributed by atoms with Crippen LogP contribution in [0.3, 0.4) is 0 Å². The second-order valence-corrected chi connectivity index (χ2v) is 6.25. The van der Waals surface area contributed by atoms with E-state index in [0.717, 1.165) is 5.56 Å². The van der Waals surface area contributed by atoms with Gasteiger partial charge >= 0.3 is 0 Å². The summed E-state index contributed by atoms with van der Waals surface area (Å²) in [5, 5.41) is 20.4. The van der Waals surface area contributed by atoms with Crippen molar-refractivity contribution < 1.29 is 29.2 Å². The topological polar surface area (TPSA) is 77.4 Å². The zero-order valence-electron chi connectivity index (χ0n) is 16.7. The van der Waals surface area contributed by atoms with Gasteiger partial charge in [-0.25, -0.2) is 0 Å². The molecule has 0 saturated heterocycles. The first-order chi connectivity index (χ1) is 13.6. The maximum absolute atomic E-state index is 10.7. The zero-order valence-corrected chi connectivity index (χ0v) is 16.7. The van der Waals surface area contributed by atoms with E-state index >= 15 is 0 Å². The van der Waals surface area contributed by atoms with E-state index in [1.54, 1.807) is 46.6 Å². The van der Waals surface area contributed by atoms with Gasteiger partial charge in [-0.1, -0.05) is 24.3 Å². The summed E-state index contributed by atoms with van der Waals surface area (Å²) in [4.78, 5) is 0. The van der Waals surface area contributed by atoms with Gasteiger partial charge in [-0.15, -0.1) is 0 Å². The number of hydrogen-bond acceptors (Lipinski definition) is 6. The molecule has 2 atom stereocenters. The van der Waals surface area contributed by atoms with Gasteiger partial charge in [0.05, 0.1) is 34.5 Å². The average Bonchev–Trinajstić information content (AvgIpc) is 2.75. The minimum atomic E-state index is -0.833. The van der Waals surface area contributed by atoms with Crippen molar-refractivity contribution in [3.63, 3.8) is 0 Å². The Kier molecular flexibility index (Phi) is 8.17. The highest BCUT2D eigenvalue weighted by Gasteiger charge is 2.20. The third-order valence-electron chi connectivity index (χ3n) is 4.59. The molecule has 2 rings (SSSR count). The molecule has 0 bridgehead atoms. The van der Waals surface area contributed by atoms with Gasteiger partial charge < -0.3 is 29.2 Å². The lowest BCUT2D eigenvalue weighted by Gasteiger charge is -2.21. The van der Waals surface area contributed by atoms with Crippen LogP contribution in [0.2, 0.25) is 0 Å². The second-order valence-electron chi connectivity index (χ2n) is 6.25. The molecule has 6 nitrogen and oxygen atoms in total. The Balaban J connectivity index is 2.10. The summed E-state index contributed by atoms with van der Waals surface area (Å²) in [5.74, 6) is 2.09. The number of aliphatic hydroxyl groups excluding tert-OH is 2. The van der Waals surface area contributed by atoms with Crippen molar-refractivity contribution in [3.05, 3.63) is 53.6 Å². The molecule has 0 radical (unpaired) electrons. The summed E-state index contributed by atoms with van der Waals surface area (Å²) in [7, 11) is 6.29. The van der Waals surface area contributed by atoms with Crippen LogP contribution in [0.15, 0.2) is 42.5 Å². The van der Waals surface area contributed by atoms with E-state index in [2.05, 4.69) is 0 Å². The molecule has 28 heavy (non-hydrogen) atoms. The van der Waals surface area contributed by atoms with Crippen molar-refractivity contribution in [1.29, 1.82) is 0 Å². The number of methoxy groups -OCH3 is 4. The van der Waals surface area contributed by atoms with Gasteiger partial charge in [0, 0.05) is 12.5 Å². The molecule has 0 aromatic heterocycles. The Hall–Kier alpha value is -2.70. The van der Waals surface area contributed by atoms with E-state index in [9.17, 15) is 10.2 Å². The van der Waals surface area contributed by atoms with Gasteiger partial charge in [0.25, 0.3) is 0 Å². The molecule has 0 aliphatic carbocycles. The zero-order chi connectivity index (χ0) is 20.5. The predicted molar refractivity (Wildman–Crippen MR) is 108 cm³/mol. The third kappa shape index (κ3) is 5.18. The van der Waals surface area contributed by atoms with Gasteiger partial charge in [0.2, 0.25) is 0 Å². The van der Waals surface area contributed by atoms with Crippen LogP contribution in [0.25, 0.3) is 6.08 Å². The molecular weight excluding hydrogens is 360 g/mol. The van der Waals surface area contributed by atoms with Gasteiger partial charge in [-0.3, -0.25) is 0 Å². The summed E-state index contributed by atoms with van der Waals surface area (Å²) < 4.78 is 21.0. The SMILES string of the molecule is COc1ccc(C=CCC(CO)C(O)c2ccc(OC)c(OC)c2)cc1OC. The van der Waals surface area contributed by atoms with Crippen LogP contribution in [0.5, 0.6) is 23.0 Å². The van der Waals surface area contributed by atoms with Gasteiger partial charge in [-0.2, -0.15) is 0 Å². The average molecular weight is 388 g/mol. The molecule has 2 aromatic carbocycles. The highest BCUT2D eigenvalue weighted by atomic mass is 16.5. The van der Waals surface area contributed by atoms with Crippen LogP contribution in [-0.2, 0) is 0 Å². The largest absolute Gasteiger partial charge is 0.493 e. The lowest BCUT2D eigenvalue weighted by Crippen LogP contribution is -2.16. The summed E-state index contributed by atoms with van der Waals surface area (Å²) in [6.45, 7) is -0.147. The fraction of sp³-hybridized carbons (Fsp3) is 0.364. The Bertz CT molecular complexity index is 787. The Morgan fingerprint density at radius 1 is 0.821 bits per heavy atom. The van der Waals surface area contributed by atoms with Crippen LogP contribution in [0.4, 0.5) is 0 Å². The van der Waals surface area contributed by atoms with Gasteiger partial charge in [0.1, 0.15) is 0 Å². The smallest absolute Gasteiger partial charge is 0.161 e. The standard InChI is InChI=1S/C22H28O6/c1-25-18-10-8-15(12-20(18)27-3)6-5-7-17(14-23)22(24)16-9-11-19(26-2)21(13-16)28-4/h5-6,8-13,17,22-24H,7,14H2,1-4H3. The van der Waals surface area contributed by atoms with Crippen LogP contribution in [0.1, 0.15) is 23.7 Å². The van der Waals surface area contributed by atoms with Crippen LogP contribution in [-0.4, -0.2) is 45.3 Å². The van der Waals surface area contributed by atoms with Crippen LogP contribution in [0, 0.1) is 5.92 Å². The van der Waals surface area contributed by atoms with E-state index in [1.165, 1.54) is 0 Å². The first kappa shape index (κ1) is 21.6. The molecule has 2 aromatic rings. The monoisotopic (exact) mass is 388 g/mol. The molecule has 6 heteroatoms. The van der Waals surface area contributed by atoms with E-state index in [4.69, 9.17) is 18.9 Å². The molecule has 0 heterocycles. The van der Waals surface area contributed by atoms with E-state index in [1.807, 2.05) is 30.4 Å². The summed E-state index contributed by atoms with van der Waals surface area (Å²) >= 11 is 0. The minimum absolute atomic E-state index is 0.147. The van der Waals surface area contributed by atoms with Gasteiger partial charge in [0.15, 0.2) is 23.0 Å². The minimum Gasteiger partial charge on any atom is -0.493 e. The quantitative estimate of drug-likeness (QED) is 0.649. The summed E-state index contributed by atoms with van der Waals surface area (Å²) in [6.07, 6.45) is 3.51. The summed E-state index contributed by atoms with van der Waals surface area (Å²) in [5.41, 5.74) is 1.60. The molecule has 0 fully saturated rings. The molecule has 0 aliphatic rings. The number of rotatable bonds is 10. The maximum Gasteiger partial charge on any atom is 0.161 e. The Morgan fingerprint density at radius 2 is 1.39 bits per heavy atom. The summed E-state index contributed by atoms with van der Waals surface area (Å²) in [6, 6.07) is 10.9. The molecule has 2 unspecified atom stereocenters. The van der Waals surface area contributed by atoms with Crippen LogP contribution >= 0.6 is 0 Å². The normalized spacial score (nSPS) is 13.2. The lowest BCUT2D eigenvalue weighted by atomic mass is 9.93. The Labute approximate surface area is 165 Å². The van der Waals surface area contributed by atoms with Crippen molar-refractivity contribution >= 4 is 6.08 Å². The number of hydrogen-bond donors (Lipinski definition) is 2. The lowest BCUT2D eigenvalue weighted by molar-refractivity contribution is 0.0682. The van der Waals surface area contributed by atoms with E-state index < -0.39 is 6.10 Å². The number of aliphatic hydroxyl groups is 2. The van der Waals surface area contributed by atoms with E-state index in [-0.39, 0.29) is 12.5 Å². The van der Waals surface area contributed by atoms with E-state index in [0.29, 0.717) is 35.0 Å². The fourth-order valence-electron chi connectivity index (χ4n) is 2.95. The maximum atomic E-state index is 10.7. The van der Waals surface area contributed by atoms with Crippen molar-refractivity contribution in [2.75, 3.05) is 35.0 Å².